The zero-order chi connectivity index (χ0) is 15.6. The number of nitrogens with zero attached hydrogens (tertiary/aromatic N) is 1. The molecule has 1 saturated heterocycles. The number of rotatable bonds is 4. The van der Waals surface area contributed by atoms with Gasteiger partial charge in [-0.1, -0.05) is 22.0 Å². The lowest BCUT2D eigenvalue weighted by Crippen LogP contribution is -2.35. The van der Waals surface area contributed by atoms with Gasteiger partial charge in [0.05, 0.1) is 5.92 Å². The van der Waals surface area contributed by atoms with E-state index >= 15 is 0 Å². The summed E-state index contributed by atoms with van der Waals surface area (Å²) in [5, 5.41) is 3.52. The van der Waals surface area contributed by atoms with E-state index in [0.29, 0.717) is 6.54 Å². The number of carbonyl (C=O) groups excluding carboxylic acids is 1. The quantitative estimate of drug-likeness (QED) is 0.874. The molecule has 0 spiro atoms. The van der Waals surface area contributed by atoms with Gasteiger partial charge in [-0.2, -0.15) is 0 Å². The Morgan fingerprint density at radius 1 is 1.48 bits per heavy atom. The molecule has 116 valence electrons. The number of anilines is 1. The van der Waals surface area contributed by atoms with Crippen LogP contribution in [0.2, 0.25) is 0 Å². The minimum atomic E-state index is -0.193. The molecule has 2 rings (SSSR count). The highest BCUT2D eigenvalue weighted by molar-refractivity contribution is 9.10. The molecule has 1 aromatic rings. The van der Waals surface area contributed by atoms with E-state index in [-0.39, 0.29) is 17.4 Å². The number of hydrogen-bond acceptors (Lipinski definition) is 3. The molecule has 0 saturated carbocycles. The van der Waals surface area contributed by atoms with Crippen molar-refractivity contribution in [2.45, 2.75) is 39.3 Å². The molecule has 1 aliphatic rings. The van der Waals surface area contributed by atoms with Gasteiger partial charge >= 0.3 is 0 Å². The van der Waals surface area contributed by atoms with Gasteiger partial charge in [0.1, 0.15) is 0 Å². The number of amides is 1. The van der Waals surface area contributed by atoms with Crippen LogP contribution in [0.5, 0.6) is 0 Å². The van der Waals surface area contributed by atoms with E-state index in [1.165, 1.54) is 11.3 Å². The number of nitrogens with one attached hydrogen (secondary N) is 1. The third-order valence-corrected chi connectivity index (χ3v) is 4.28. The smallest absolute Gasteiger partial charge is 0.222 e. The second-order valence-corrected chi connectivity index (χ2v) is 7.63. The van der Waals surface area contributed by atoms with Crippen molar-refractivity contribution in [1.29, 1.82) is 0 Å². The fourth-order valence-corrected chi connectivity index (χ4v) is 2.90. The third kappa shape index (κ3) is 4.45. The highest BCUT2D eigenvalue weighted by Gasteiger charge is 2.28. The van der Waals surface area contributed by atoms with E-state index < -0.39 is 0 Å². The first-order chi connectivity index (χ1) is 9.76. The molecular weight excluding hydrogens is 330 g/mol. The van der Waals surface area contributed by atoms with E-state index in [4.69, 9.17) is 5.73 Å². The molecule has 1 aromatic carbocycles. The van der Waals surface area contributed by atoms with Crippen LogP contribution in [-0.4, -0.2) is 24.5 Å². The monoisotopic (exact) mass is 353 g/mol. The second kappa shape index (κ2) is 6.36. The van der Waals surface area contributed by atoms with Crippen LogP contribution in [0.3, 0.4) is 0 Å². The summed E-state index contributed by atoms with van der Waals surface area (Å²) in [5.41, 5.74) is 7.94. The molecule has 5 heteroatoms. The largest absolute Gasteiger partial charge is 0.370 e. The normalized spacial score (nSPS) is 19.0. The Labute approximate surface area is 135 Å². The average Bonchev–Trinajstić information content (AvgIpc) is 2.85. The number of nitrogens with two attached hydrogens (primary N) is 1. The molecule has 0 aliphatic carbocycles. The first kappa shape index (κ1) is 16.3. The first-order valence-corrected chi connectivity index (χ1v) is 8.13. The Kier molecular flexibility index (Phi) is 4.94. The third-order valence-electron chi connectivity index (χ3n) is 3.79. The maximum Gasteiger partial charge on any atom is 0.222 e. The molecule has 1 heterocycles. The lowest BCUT2D eigenvalue weighted by atomic mass is 10.1. The zero-order valence-corrected chi connectivity index (χ0v) is 14.5. The van der Waals surface area contributed by atoms with Gasteiger partial charge in [-0.15, -0.1) is 0 Å². The summed E-state index contributed by atoms with van der Waals surface area (Å²) in [6.45, 7) is 8.88. The standard InChI is InChI=1S/C16H24BrN3O/c1-16(2,3)19-9-11-4-5-13(17)8-14(11)20-7-6-12(10-20)15(18)21/h4-5,8,12,19H,6-7,9-10H2,1-3H3,(H2,18,21). The topological polar surface area (TPSA) is 58.4 Å². The van der Waals surface area contributed by atoms with Crippen molar-refractivity contribution in [3.63, 3.8) is 0 Å². The molecule has 1 unspecified atom stereocenters. The maximum absolute atomic E-state index is 11.4. The van der Waals surface area contributed by atoms with Crippen LogP contribution in [0.25, 0.3) is 0 Å². The lowest BCUT2D eigenvalue weighted by Gasteiger charge is -2.25. The highest BCUT2D eigenvalue weighted by atomic mass is 79.9. The van der Waals surface area contributed by atoms with Gasteiger partial charge in [-0.05, 0) is 44.9 Å². The van der Waals surface area contributed by atoms with Gasteiger partial charge in [-0.3, -0.25) is 4.79 Å². The van der Waals surface area contributed by atoms with Crippen molar-refractivity contribution in [3.05, 3.63) is 28.2 Å². The predicted molar refractivity (Wildman–Crippen MR) is 90.2 cm³/mol. The minimum Gasteiger partial charge on any atom is -0.370 e. The van der Waals surface area contributed by atoms with Gasteiger partial charge in [-0.25, -0.2) is 0 Å². The highest BCUT2D eigenvalue weighted by Crippen LogP contribution is 2.30. The molecule has 1 atom stereocenters. The van der Waals surface area contributed by atoms with Crippen LogP contribution in [0.15, 0.2) is 22.7 Å². The van der Waals surface area contributed by atoms with Crippen LogP contribution in [0, 0.1) is 5.92 Å². The van der Waals surface area contributed by atoms with Crippen LogP contribution in [-0.2, 0) is 11.3 Å². The lowest BCUT2D eigenvalue weighted by molar-refractivity contribution is -0.121. The first-order valence-electron chi connectivity index (χ1n) is 7.34. The Bertz CT molecular complexity index is 525. The van der Waals surface area contributed by atoms with Crippen molar-refractivity contribution in [2.75, 3.05) is 18.0 Å². The summed E-state index contributed by atoms with van der Waals surface area (Å²) >= 11 is 3.54. The molecule has 21 heavy (non-hydrogen) atoms. The van der Waals surface area contributed by atoms with Crippen LogP contribution < -0.4 is 16.0 Å². The summed E-state index contributed by atoms with van der Waals surface area (Å²) in [6.07, 6.45) is 0.841. The van der Waals surface area contributed by atoms with Gasteiger partial charge in [0.2, 0.25) is 5.91 Å². The molecule has 3 N–H and O–H groups in total. The summed E-state index contributed by atoms with van der Waals surface area (Å²) in [7, 11) is 0. The molecule has 4 nitrogen and oxygen atoms in total. The number of benzene rings is 1. The Balaban J connectivity index is 2.18. The predicted octanol–water partition coefficient (Wildman–Crippen LogP) is 2.65. The zero-order valence-electron chi connectivity index (χ0n) is 12.9. The summed E-state index contributed by atoms with van der Waals surface area (Å²) in [5.74, 6) is -0.228. The second-order valence-electron chi connectivity index (χ2n) is 6.71. The molecular formula is C16H24BrN3O. The van der Waals surface area contributed by atoms with Crippen LogP contribution in [0.4, 0.5) is 5.69 Å². The van der Waals surface area contributed by atoms with E-state index in [2.05, 4.69) is 65.1 Å². The van der Waals surface area contributed by atoms with Gasteiger partial charge in [0, 0.05) is 35.3 Å². The minimum absolute atomic E-state index is 0.0348. The Morgan fingerprint density at radius 3 is 2.76 bits per heavy atom. The molecule has 1 amide bonds. The Morgan fingerprint density at radius 2 is 2.19 bits per heavy atom. The van der Waals surface area contributed by atoms with Crippen LogP contribution in [0.1, 0.15) is 32.8 Å². The van der Waals surface area contributed by atoms with Crippen molar-refractivity contribution in [3.8, 4) is 0 Å². The van der Waals surface area contributed by atoms with Crippen molar-refractivity contribution < 1.29 is 4.79 Å². The fraction of sp³-hybridized carbons (Fsp3) is 0.562. The fourth-order valence-electron chi connectivity index (χ4n) is 2.55. The summed E-state index contributed by atoms with van der Waals surface area (Å²) in [6, 6.07) is 6.32. The summed E-state index contributed by atoms with van der Waals surface area (Å²) < 4.78 is 1.06. The average molecular weight is 354 g/mol. The number of carbonyl (C=O) groups is 1. The van der Waals surface area contributed by atoms with Crippen molar-refractivity contribution >= 4 is 27.5 Å². The number of primary amides is 1. The number of hydrogen-bond donors (Lipinski definition) is 2. The Hall–Kier alpha value is -1.07. The number of halogens is 1. The molecule has 0 aromatic heterocycles. The van der Waals surface area contributed by atoms with E-state index in [9.17, 15) is 4.79 Å². The van der Waals surface area contributed by atoms with Gasteiger partial charge < -0.3 is 16.0 Å². The summed E-state index contributed by atoms with van der Waals surface area (Å²) in [4.78, 5) is 13.6. The maximum atomic E-state index is 11.4. The molecule has 1 fully saturated rings. The van der Waals surface area contributed by atoms with Crippen molar-refractivity contribution in [2.24, 2.45) is 11.7 Å². The van der Waals surface area contributed by atoms with E-state index in [1.807, 2.05) is 0 Å². The van der Waals surface area contributed by atoms with Gasteiger partial charge in [0.15, 0.2) is 0 Å². The van der Waals surface area contributed by atoms with E-state index in [1.54, 1.807) is 0 Å². The molecule has 0 radical (unpaired) electrons. The van der Waals surface area contributed by atoms with E-state index in [0.717, 1.165) is 24.0 Å². The van der Waals surface area contributed by atoms with Crippen molar-refractivity contribution in [1.82, 2.24) is 5.32 Å². The van der Waals surface area contributed by atoms with Gasteiger partial charge in [0.25, 0.3) is 0 Å². The molecule has 1 aliphatic heterocycles. The molecule has 0 bridgehead atoms. The van der Waals surface area contributed by atoms with Crippen LogP contribution >= 0.6 is 15.9 Å². The SMILES string of the molecule is CC(C)(C)NCc1ccc(Br)cc1N1CCC(C(N)=O)C1.